The lowest BCUT2D eigenvalue weighted by atomic mass is 10.0. The Labute approximate surface area is 251 Å². The van der Waals surface area contributed by atoms with Crippen molar-refractivity contribution in [3.63, 3.8) is 0 Å². The molecule has 0 radical (unpaired) electrons. The van der Waals surface area contributed by atoms with Gasteiger partial charge < -0.3 is 10.1 Å². The predicted octanol–water partition coefficient (Wildman–Crippen LogP) is 8.48. The third kappa shape index (κ3) is 5.50. The Hall–Kier alpha value is -5.49. The molecule has 220 valence electrons. The number of nitro groups is 1. The first kappa shape index (κ1) is 28.6. The van der Waals surface area contributed by atoms with E-state index in [0.29, 0.717) is 31.8 Å². The quantitative estimate of drug-likeness (QED) is 0.148. The first-order valence-electron chi connectivity index (χ1n) is 13.0. The summed E-state index contributed by atoms with van der Waals surface area (Å²) >= 11 is 6.00. The first-order chi connectivity index (χ1) is 21.0. The summed E-state index contributed by atoms with van der Waals surface area (Å²) in [4.78, 5) is 28.8. The number of carbonyl (C=O) groups excluding carboxylic acids is 1. The van der Waals surface area contributed by atoms with Gasteiger partial charge in [0.05, 0.1) is 28.6 Å². The van der Waals surface area contributed by atoms with Crippen LogP contribution in [-0.4, -0.2) is 25.4 Å². The fraction of sp³-hybridized carbons (Fsp3) is 0.0645. The molecule has 44 heavy (non-hydrogen) atoms. The van der Waals surface area contributed by atoms with E-state index >= 15 is 0 Å². The van der Waals surface area contributed by atoms with Crippen molar-refractivity contribution in [2.24, 2.45) is 0 Å². The minimum Gasteiger partial charge on any atom is -0.457 e. The summed E-state index contributed by atoms with van der Waals surface area (Å²) in [6.07, 6.45) is -3.86. The minimum atomic E-state index is -4.83. The van der Waals surface area contributed by atoms with Gasteiger partial charge in [0.25, 0.3) is 11.6 Å². The normalized spacial score (nSPS) is 11.6. The van der Waals surface area contributed by atoms with E-state index < -0.39 is 22.7 Å². The topological polar surface area (TPSA) is 112 Å². The van der Waals surface area contributed by atoms with Crippen LogP contribution in [0.25, 0.3) is 27.7 Å². The lowest BCUT2D eigenvalue weighted by Crippen LogP contribution is -2.16. The number of ether oxygens (including phenoxy) is 1. The van der Waals surface area contributed by atoms with Crippen LogP contribution in [0.3, 0.4) is 0 Å². The number of aromatic nitrogens is 3. The molecule has 0 fully saturated rings. The second-order valence-electron chi connectivity index (χ2n) is 9.78. The molecule has 6 aromatic rings. The number of rotatable bonds is 6. The molecule has 0 aliphatic heterocycles. The Morgan fingerprint density at radius 3 is 2.55 bits per heavy atom. The zero-order chi connectivity index (χ0) is 31.2. The maximum atomic E-state index is 14.2. The minimum absolute atomic E-state index is 0.0134. The molecule has 0 unspecified atom stereocenters. The third-order valence-electron chi connectivity index (χ3n) is 6.80. The fourth-order valence-corrected chi connectivity index (χ4v) is 5.01. The van der Waals surface area contributed by atoms with E-state index in [-0.39, 0.29) is 34.0 Å². The van der Waals surface area contributed by atoms with Gasteiger partial charge in [0.2, 0.25) is 0 Å². The number of nitro benzene ring substituents is 1. The van der Waals surface area contributed by atoms with Gasteiger partial charge >= 0.3 is 6.18 Å². The van der Waals surface area contributed by atoms with E-state index in [2.05, 4.69) is 15.4 Å². The summed E-state index contributed by atoms with van der Waals surface area (Å²) in [6.45, 7) is 1.74. The number of hydrogen-bond acceptors (Lipinski definition) is 6. The van der Waals surface area contributed by atoms with E-state index in [4.69, 9.17) is 16.3 Å². The standard InChI is InChI=1S/C31H19ClF3N5O4/c1-17-11-19(32)9-10-27(17)44-22-13-20(12-21(14-22)40(42)43)37-30(41)25-16-36-39-28(31(33,34)35)15-26(38-29(25)39)24-8-4-6-18-5-2-3-7-23(18)24/h2-16H,1H3,(H,37,41). The zero-order valence-corrected chi connectivity index (χ0v) is 23.3. The fourth-order valence-electron chi connectivity index (χ4n) is 4.78. The van der Waals surface area contributed by atoms with Crippen molar-refractivity contribution in [2.75, 3.05) is 5.32 Å². The van der Waals surface area contributed by atoms with Crippen LogP contribution in [0.15, 0.2) is 91.1 Å². The highest BCUT2D eigenvalue weighted by molar-refractivity contribution is 6.30. The Kier molecular flexibility index (Phi) is 7.14. The highest BCUT2D eigenvalue weighted by Gasteiger charge is 2.36. The van der Waals surface area contributed by atoms with Gasteiger partial charge in [-0.25, -0.2) is 9.50 Å². The number of aryl methyl sites for hydroxylation is 1. The smallest absolute Gasteiger partial charge is 0.433 e. The number of anilines is 1. The van der Waals surface area contributed by atoms with Gasteiger partial charge in [-0.2, -0.15) is 18.3 Å². The van der Waals surface area contributed by atoms with Crippen LogP contribution in [-0.2, 0) is 6.18 Å². The van der Waals surface area contributed by atoms with Crippen molar-refractivity contribution in [1.82, 2.24) is 14.6 Å². The molecule has 0 bridgehead atoms. The molecule has 0 aliphatic carbocycles. The van der Waals surface area contributed by atoms with Crippen LogP contribution in [0.4, 0.5) is 24.5 Å². The molecule has 0 saturated heterocycles. The van der Waals surface area contributed by atoms with Crippen molar-refractivity contribution >= 4 is 45.3 Å². The van der Waals surface area contributed by atoms with Gasteiger partial charge in [-0.05, 0) is 47.5 Å². The number of nitrogens with one attached hydrogen (secondary N) is 1. The molecule has 0 spiro atoms. The number of hydrogen-bond donors (Lipinski definition) is 1. The second-order valence-corrected chi connectivity index (χ2v) is 10.2. The molecule has 4 aromatic carbocycles. The maximum Gasteiger partial charge on any atom is 0.433 e. The summed E-state index contributed by atoms with van der Waals surface area (Å²) < 4.78 is 49.0. The highest BCUT2D eigenvalue weighted by Crippen LogP contribution is 2.36. The van der Waals surface area contributed by atoms with Crippen molar-refractivity contribution in [3.05, 3.63) is 123 Å². The van der Waals surface area contributed by atoms with Crippen molar-refractivity contribution in [3.8, 4) is 22.8 Å². The number of fused-ring (bicyclic) bond motifs is 2. The second kappa shape index (κ2) is 11.0. The largest absolute Gasteiger partial charge is 0.457 e. The summed E-state index contributed by atoms with van der Waals surface area (Å²) in [5, 5.41) is 19.9. The molecule has 0 saturated carbocycles. The number of halogens is 4. The van der Waals surface area contributed by atoms with Crippen LogP contribution < -0.4 is 10.1 Å². The lowest BCUT2D eigenvalue weighted by Gasteiger charge is -2.13. The number of amides is 1. The van der Waals surface area contributed by atoms with Gasteiger partial charge in [-0.15, -0.1) is 0 Å². The SMILES string of the molecule is Cc1cc(Cl)ccc1Oc1cc(NC(=O)c2cnn3c(C(F)(F)F)cc(-c4cccc5ccccc45)nc23)cc([N+](=O)[O-])c1. The molecule has 2 heterocycles. The number of non-ortho nitro benzene ring substituents is 1. The van der Waals surface area contributed by atoms with Gasteiger partial charge in [-0.3, -0.25) is 14.9 Å². The summed E-state index contributed by atoms with van der Waals surface area (Å²) in [5.74, 6) is -0.472. The van der Waals surface area contributed by atoms with E-state index in [1.165, 1.54) is 12.1 Å². The molecule has 6 rings (SSSR count). The van der Waals surface area contributed by atoms with Gasteiger partial charge in [0.15, 0.2) is 11.3 Å². The molecule has 0 aliphatic rings. The number of nitrogens with zero attached hydrogens (tertiary/aromatic N) is 4. The molecule has 9 nitrogen and oxygen atoms in total. The number of benzene rings is 4. The van der Waals surface area contributed by atoms with Crippen molar-refractivity contribution in [2.45, 2.75) is 13.1 Å². The molecule has 1 amide bonds. The van der Waals surface area contributed by atoms with Gasteiger partial charge in [0.1, 0.15) is 17.1 Å². The predicted molar refractivity (Wildman–Crippen MR) is 158 cm³/mol. The van der Waals surface area contributed by atoms with Crippen LogP contribution in [0.2, 0.25) is 5.02 Å². The van der Waals surface area contributed by atoms with E-state index in [1.807, 2.05) is 18.2 Å². The van der Waals surface area contributed by atoms with E-state index in [9.17, 15) is 28.1 Å². The highest BCUT2D eigenvalue weighted by atomic mass is 35.5. The van der Waals surface area contributed by atoms with Crippen molar-refractivity contribution in [1.29, 1.82) is 0 Å². The summed E-state index contributed by atoms with van der Waals surface area (Å²) in [7, 11) is 0. The monoisotopic (exact) mass is 617 g/mol. The van der Waals surface area contributed by atoms with Crippen LogP contribution >= 0.6 is 11.6 Å². The average Bonchev–Trinajstić information content (AvgIpc) is 3.41. The van der Waals surface area contributed by atoms with E-state index in [0.717, 1.165) is 23.7 Å². The van der Waals surface area contributed by atoms with Crippen LogP contribution in [0.5, 0.6) is 11.5 Å². The molecule has 13 heteroatoms. The zero-order valence-electron chi connectivity index (χ0n) is 22.6. The Morgan fingerprint density at radius 1 is 1.02 bits per heavy atom. The average molecular weight is 618 g/mol. The Bertz CT molecular complexity index is 2110. The molecular formula is C31H19ClF3N5O4. The first-order valence-corrected chi connectivity index (χ1v) is 13.3. The summed E-state index contributed by atoms with van der Waals surface area (Å²) in [5.41, 5.74) is -1.10. The molecular weight excluding hydrogens is 599 g/mol. The van der Waals surface area contributed by atoms with Gasteiger partial charge in [-0.1, -0.05) is 54.1 Å². The number of carbonyl (C=O) groups is 1. The Morgan fingerprint density at radius 2 is 1.80 bits per heavy atom. The van der Waals surface area contributed by atoms with Crippen LogP contribution in [0.1, 0.15) is 21.6 Å². The van der Waals surface area contributed by atoms with Gasteiger partial charge in [0, 0.05) is 22.7 Å². The Balaban J connectivity index is 1.42. The molecule has 1 N–H and O–H groups in total. The molecule has 0 atom stereocenters. The van der Waals surface area contributed by atoms with Crippen molar-refractivity contribution < 1.29 is 27.6 Å². The van der Waals surface area contributed by atoms with Crippen LogP contribution in [0, 0.1) is 17.0 Å². The summed E-state index contributed by atoms with van der Waals surface area (Å²) in [6, 6.07) is 21.7. The third-order valence-corrected chi connectivity index (χ3v) is 7.03. The maximum absolute atomic E-state index is 14.2. The van der Waals surface area contributed by atoms with E-state index in [1.54, 1.807) is 49.4 Å². The number of alkyl halides is 3. The lowest BCUT2D eigenvalue weighted by molar-refractivity contribution is -0.384. The molecule has 2 aromatic heterocycles.